The molecular formula is C8H20B2N4O2. The third-order valence-corrected chi connectivity index (χ3v) is 1.80. The third-order valence-electron chi connectivity index (χ3n) is 1.80. The molecule has 0 aliphatic heterocycles. The fourth-order valence-electron chi connectivity index (χ4n) is 1.06. The van der Waals surface area contributed by atoms with Crippen molar-refractivity contribution in [1.29, 1.82) is 0 Å². The summed E-state index contributed by atoms with van der Waals surface area (Å²) in [7, 11) is 0.229. The fraction of sp³-hybridized carbons (Fsp3) is 0.875. The molecule has 6 nitrogen and oxygen atoms in total. The summed E-state index contributed by atoms with van der Waals surface area (Å²) in [6, 6.07) is 0. The molecule has 16 heavy (non-hydrogen) atoms. The van der Waals surface area contributed by atoms with E-state index in [1.54, 1.807) is 6.82 Å². The van der Waals surface area contributed by atoms with Crippen LogP contribution >= 0.6 is 0 Å². The summed E-state index contributed by atoms with van der Waals surface area (Å²) in [5, 5.41) is 18.2. The van der Waals surface area contributed by atoms with E-state index in [2.05, 4.69) is 20.9 Å². The number of hydrogen-bond acceptors (Lipinski definition) is 6. The van der Waals surface area contributed by atoms with E-state index in [1.165, 1.54) is 6.11 Å². The molecule has 0 amide bonds. The van der Waals surface area contributed by atoms with Gasteiger partial charge >= 0.3 is 85.1 Å². The van der Waals surface area contributed by atoms with Gasteiger partial charge in [-0.1, -0.05) is 0 Å². The van der Waals surface area contributed by atoms with Gasteiger partial charge in [0.15, 0.2) is 0 Å². The third kappa shape index (κ3) is 13.4. The number of nitrogens with zero attached hydrogens (tertiary/aromatic N) is 1. The van der Waals surface area contributed by atoms with Gasteiger partial charge in [0, 0.05) is 0 Å². The van der Waals surface area contributed by atoms with Gasteiger partial charge in [-0.05, 0) is 6.82 Å². The molecule has 0 aliphatic rings. The molecule has 0 fully saturated rings. The van der Waals surface area contributed by atoms with E-state index >= 15 is 0 Å². The molecule has 0 radical (unpaired) electrons. The van der Waals surface area contributed by atoms with Crippen LogP contribution in [0.5, 0.6) is 0 Å². The predicted molar refractivity (Wildman–Crippen MR) is 67.4 cm³/mol. The number of aliphatic imine (C=N–C) groups is 1. The van der Waals surface area contributed by atoms with Crippen molar-refractivity contribution in [2.24, 2.45) is 4.99 Å². The quantitative estimate of drug-likeness (QED) is 0.185. The van der Waals surface area contributed by atoms with Gasteiger partial charge in [-0.2, -0.15) is 0 Å². The summed E-state index contributed by atoms with van der Waals surface area (Å²) in [5.41, 5.74) is 0. The monoisotopic (exact) mass is 226 g/mol. The first-order valence-electron chi connectivity index (χ1n) is 5.54. The number of nitrogens with one attached hydrogen (secondary N) is 3. The van der Waals surface area contributed by atoms with E-state index in [9.17, 15) is 4.70 Å². The van der Waals surface area contributed by atoms with E-state index in [1.807, 2.05) is 0 Å². The van der Waals surface area contributed by atoms with Crippen LogP contribution in [0.3, 0.4) is 0 Å². The van der Waals surface area contributed by atoms with Crippen molar-refractivity contribution in [3.63, 3.8) is 0 Å². The minimum atomic E-state index is -0.449. The van der Waals surface area contributed by atoms with Gasteiger partial charge < -0.3 is 5.02 Å². The van der Waals surface area contributed by atoms with Crippen molar-refractivity contribution in [3.05, 3.63) is 0 Å². The first-order chi connectivity index (χ1) is 7.77. The van der Waals surface area contributed by atoms with E-state index in [-0.39, 0.29) is 0 Å². The summed E-state index contributed by atoms with van der Waals surface area (Å²) in [6.45, 7) is 6.42. The Kier molecular flexibility index (Phi) is 12.1. The summed E-state index contributed by atoms with van der Waals surface area (Å²) in [6.07, 6.45) is 1.27. The molecule has 0 aromatic heterocycles. The molecule has 90 valence electrons. The predicted octanol–water partition coefficient (Wildman–Crippen LogP) is -2.06. The van der Waals surface area contributed by atoms with Crippen molar-refractivity contribution < 1.29 is 9.73 Å². The topological polar surface area (TPSA) is 85.8 Å². The van der Waals surface area contributed by atoms with Gasteiger partial charge in [0.1, 0.15) is 0 Å². The molecule has 0 aromatic rings. The first-order valence-corrected chi connectivity index (χ1v) is 5.54. The van der Waals surface area contributed by atoms with E-state index in [4.69, 9.17) is 5.02 Å². The van der Waals surface area contributed by atoms with Gasteiger partial charge in [-0.15, -0.1) is 0 Å². The van der Waals surface area contributed by atoms with Gasteiger partial charge in [0.05, 0.1) is 0 Å². The molecule has 0 heterocycles. The second-order valence-electron chi connectivity index (χ2n) is 3.32. The fourth-order valence-corrected chi connectivity index (χ4v) is 1.06. The zero-order valence-electron chi connectivity index (χ0n) is 9.78. The Balaban J connectivity index is 2.98. The molecule has 0 spiro atoms. The zero-order chi connectivity index (χ0) is 12.1. The van der Waals surface area contributed by atoms with Crippen molar-refractivity contribution >= 4 is 20.3 Å². The van der Waals surface area contributed by atoms with Gasteiger partial charge in [-0.25, -0.2) is 0 Å². The van der Waals surface area contributed by atoms with Crippen LogP contribution < -0.4 is 15.9 Å². The maximum atomic E-state index is 9.88. The SMILES string of the molecule is CB(O)NCCNCCNCC/N=C\B=O. The summed E-state index contributed by atoms with van der Waals surface area (Å²) in [4.78, 5) is 3.84. The number of hydrogen-bond donors (Lipinski definition) is 4. The van der Waals surface area contributed by atoms with E-state index in [0.29, 0.717) is 13.7 Å². The Morgan fingerprint density at radius 2 is 1.88 bits per heavy atom. The Morgan fingerprint density at radius 3 is 2.50 bits per heavy atom. The molecule has 0 saturated heterocycles. The van der Waals surface area contributed by atoms with Crippen LogP contribution in [-0.2, 0) is 4.70 Å². The van der Waals surface area contributed by atoms with Crippen LogP contribution in [0, 0.1) is 0 Å². The Morgan fingerprint density at radius 1 is 1.25 bits per heavy atom. The van der Waals surface area contributed by atoms with Crippen molar-refractivity contribution in [1.82, 2.24) is 15.9 Å². The summed E-state index contributed by atoms with van der Waals surface area (Å²) >= 11 is 0. The van der Waals surface area contributed by atoms with Gasteiger partial charge in [0.25, 0.3) is 0 Å². The molecule has 0 rings (SSSR count). The second kappa shape index (κ2) is 12.5. The molecule has 0 unspecified atom stereocenters. The van der Waals surface area contributed by atoms with Crippen molar-refractivity contribution in [2.75, 3.05) is 39.3 Å². The molecule has 0 aliphatic carbocycles. The van der Waals surface area contributed by atoms with Crippen LogP contribution in [0.4, 0.5) is 0 Å². The van der Waals surface area contributed by atoms with Crippen molar-refractivity contribution in [3.8, 4) is 0 Å². The summed E-state index contributed by atoms with van der Waals surface area (Å²) < 4.78 is 9.88. The minimum absolute atomic E-state index is 0.449. The Hall–Kier alpha value is -0.560. The summed E-state index contributed by atoms with van der Waals surface area (Å²) in [5.74, 6) is 0. The molecule has 8 heteroatoms. The average Bonchev–Trinajstić information content (AvgIpc) is 2.25. The van der Waals surface area contributed by atoms with Crippen LogP contribution in [0.15, 0.2) is 4.99 Å². The Labute approximate surface area is 97.7 Å². The molecule has 0 atom stereocenters. The van der Waals surface area contributed by atoms with Crippen molar-refractivity contribution in [2.45, 2.75) is 6.82 Å². The molecule has 0 saturated carbocycles. The molecule has 0 bridgehead atoms. The van der Waals surface area contributed by atoms with Gasteiger partial charge in [0.2, 0.25) is 0 Å². The van der Waals surface area contributed by atoms with Crippen LogP contribution in [-0.4, -0.2) is 64.6 Å². The molecule has 0 aromatic carbocycles. The second-order valence-corrected chi connectivity index (χ2v) is 3.32. The normalized spacial score (nSPS) is 10.6. The van der Waals surface area contributed by atoms with Gasteiger partial charge in [-0.3, -0.25) is 0 Å². The Bertz CT molecular complexity index is 193. The first kappa shape index (κ1) is 15.4. The standard InChI is InChI=1S/C8H20B2N4O2/c1-10(16)14-7-6-12-3-2-11-4-5-13-8-9-15/h8,11-12,14,16H,2-7H2,1H3/b13-8-. The zero-order valence-corrected chi connectivity index (χ0v) is 9.78. The van der Waals surface area contributed by atoms with Crippen LogP contribution in [0.25, 0.3) is 0 Å². The molecule has 4 N–H and O–H groups in total. The van der Waals surface area contributed by atoms with Crippen LogP contribution in [0.1, 0.15) is 0 Å². The van der Waals surface area contributed by atoms with Crippen LogP contribution in [0.2, 0.25) is 6.82 Å². The average molecular weight is 226 g/mol. The molecular weight excluding hydrogens is 206 g/mol. The maximum absolute atomic E-state index is 9.88. The number of rotatable bonds is 11. The van der Waals surface area contributed by atoms with E-state index in [0.717, 1.165) is 32.7 Å². The van der Waals surface area contributed by atoms with E-state index < -0.39 is 7.05 Å².